The van der Waals surface area contributed by atoms with Gasteiger partial charge in [0.25, 0.3) is 0 Å². The van der Waals surface area contributed by atoms with Gasteiger partial charge in [0, 0.05) is 12.0 Å². The van der Waals surface area contributed by atoms with Crippen LogP contribution in [0.3, 0.4) is 0 Å². The van der Waals surface area contributed by atoms with E-state index in [1.807, 2.05) is 36.4 Å². The van der Waals surface area contributed by atoms with Gasteiger partial charge in [-0.25, -0.2) is 4.79 Å². The predicted octanol–water partition coefficient (Wildman–Crippen LogP) is 3.64. The highest BCUT2D eigenvalue weighted by atomic mass is 16.5. The van der Waals surface area contributed by atoms with Gasteiger partial charge in [-0.15, -0.1) is 0 Å². The van der Waals surface area contributed by atoms with E-state index in [0.29, 0.717) is 29.4 Å². The average Bonchev–Trinajstić information content (AvgIpc) is 3.23. The SMILES string of the molecule is COC(=O)N1N=C(c2cccc(OC)c2)CC1c1cc(OC)c(OC)c(OC)c1. The van der Waals surface area contributed by atoms with Crippen LogP contribution in [-0.4, -0.2) is 52.4 Å². The van der Waals surface area contributed by atoms with Gasteiger partial charge in [-0.2, -0.15) is 10.1 Å². The first-order valence-electron chi connectivity index (χ1n) is 8.95. The lowest BCUT2D eigenvalue weighted by atomic mass is 9.97. The van der Waals surface area contributed by atoms with Crippen molar-refractivity contribution in [3.63, 3.8) is 0 Å². The Hall–Kier alpha value is -3.42. The zero-order chi connectivity index (χ0) is 21.0. The molecular weight excluding hydrogens is 376 g/mol. The molecule has 1 aliphatic rings. The molecule has 3 rings (SSSR count). The Bertz CT molecular complexity index is 902. The van der Waals surface area contributed by atoms with Crippen LogP contribution in [0.25, 0.3) is 0 Å². The van der Waals surface area contributed by atoms with E-state index in [-0.39, 0.29) is 0 Å². The topological polar surface area (TPSA) is 78.8 Å². The zero-order valence-corrected chi connectivity index (χ0v) is 17.1. The maximum atomic E-state index is 12.4. The molecule has 0 radical (unpaired) electrons. The molecule has 0 spiro atoms. The van der Waals surface area contributed by atoms with Gasteiger partial charge in [-0.1, -0.05) is 12.1 Å². The third-order valence-electron chi connectivity index (χ3n) is 4.75. The molecule has 0 saturated heterocycles. The number of benzene rings is 2. The van der Waals surface area contributed by atoms with Crippen molar-refractivity contribution in [2.24, 2.45) is 5.10 Å². The molecule has 0 aromatic heterocycles. The Morgan fingerprint density at radius 3 is 2.21 bits per heavy atom. The number of carbonyl (C=O) groups excluding carboxylic acids is 1. The summed E-state index contributed by atoms with van der Waals surface area (Å²) in [5.74, 6) is 2.20. The predicted molar refractivity (Wildman–Crippen MR) is 107 cm³/mol. The molecule has 1 unspecified atom stereocenters. The summed E-state index contributed by atoms with van der Waals surface area (Å²) in [6, 6.07) is 10.8. The highest BCUT2D eigenvalue weighted by Gasteiger charge is 2.35. The molecule has 0 saturated carbocycles. The summed E-state index contributed by atoms with van der Waals surface area (Å²) in [7, 11) is 7.57. The fourth-order valence-corrected chi connectivity index (χ4v) is 3.30. The molecule has 154 valence electrons. The standard InChI is InChI=1S/C21H24N2O6/c1-25-15-8-6-7-13(9-15)16-12-17(23(22-16)21(24)29-5)14-10-18(26-2)20(28-4)19(11-14)27-3/h6-11,17H,12H2,1-5H3. The molecule has 0 aliphatic carbocycles. The van der Waals surface area contributed by atoms with E-state index < -0.39 is 12.1 Å². The van der Waals surface area contributed by atoms with E-state index >= 15 is 0 Å². The van der Waals surface area contributed by atoms with Gasteiger partial charge in [0.1, 0.15) is 5.75 Å². The van der Waals surface area contributed by atoms with Crippen molar-refractivity contribution in [3.05, 3.63) is 47.5 Å². The summed E-state index contributed by atoms with van der Waals surface area (Å²) in [4.78, 5) is 12.4. The van der Waals surface area contributed by atoms with Crippen LogP contribution in [-0.2, 0) is 4.74 Å². The average molecular weight is 400 g/mol. The van der Waals surface area contributed by atoms with Crippen molar-refractivity contribution in [2.45, 2.75) is 12.5 Å². The first-order chi connectivity index (χ1) is 14.1. The molecule has 2 aromatic carbocycles. The van der Waals surface area contributed by atoms with Gasteiger partial charge >= 0.3 is 6.09 Å². The normalized spacial score (nSPS) is 15.6. The number of hydrazone groups is 1. The Morgan fingerprint density at radius 2 is 1.66 bits per heavy atom. The van der Waals surface area contributed by atoms with Gasteiger partial charge in [-0.3, -0.25) is 0 Å². The molecule has 1 heterocycles. The van der Waals surface area contributed by atoms with Crippen LogP contribution in [0, 0.1) is 0 Å². The molecule has 29 heavy (non-hydrogen) atoms. The zero-order valence-electron chi connectivity index (χ0n) is 17.1. The quantitative estimate of drug-likeness (QED) is 0.737. The van der Waals surface area contributed by atoms with Crippen LogP contribution >= 0.6 is 0 Å². The fourth-order valence-electron chi connectivity index (χ4n) is 3.30. The van der Waals surface area contributed by atoms with Gasteiger partial charge in [0.05, 0.1) is 47.3 Å². The van der Waals surface area contributed by atoms with E-state index in [1.54, 1.807) is 28.4 Å². The first kappa shape index (κ1) is 20.3. The molecular formula is C21H24N2O6. The molecule has 0 bridgehead atoms. The van der Waals surface area contributed by atoms with Crippen LogP contribution in [0.5, 0.6) is 23.0 Å². The maximum absolute atomic E-state index is 12.4. The molecule has 0 N–H and O–H groups in total. The summed E-state index contributed by atoms with van der Waals surface area (Å²) in [6.07, 6.45) is -0.0670. The van der Waals surface area contributed by atoms with E-state index in [4.69, 9.17) is 23.7 Å². The lowest BCUT2D eigenvalue weighted by molar-refractivity contribution is 0.113. The van der Waals surface area contributed by atoms with Crippen molar-refractivity contribution >= 4 is 11.8 Å². The van der Waals surface area contributed by atoms with Crippen molar-refractivity contribution in [1.29, 1.82) is 0 Å². The monoisotopic (exact) mass is 400 g/mol. The van der Waals surface area contributed by atoms with E-state index in [0.717, 1.165) is 16.8 Å². The number of hydrogen-bond acceptors (Lipinski definition) is 7. The lowest BCUT2D eigenvalue weighted by Gasteiger charge is -2.22. The minimum Gasteiger partial charge on any atom is -0.497 e. The van der Waals surface area contributed by atoms with Gasteiger partial charge in [0.2, 0.25) is 5.75 Å². The van der Waals surface area contributed by atoms with E-state index in [1.165, 1.54) is 12.1 Å². The first-order valence-corrected chi connectivity index (χ1v) is 8.95. The third kappa shape index (κ3) is 3.91. The highest BCUT2D eigenvalue weighted by Crippen LogP contribution is 2.43. The van der Waals surface area contributed by atoms with Crippen LogP contribution in [0.1, 0.15) is 23.6 Å². The largest absolute Gasteiger partial charge is 0.497 e. The van der Waals surface area contributed by atoms with Crippen molar-refractivity contribution in [1.82, 2.24) is 5.01 Å². The Kier molecular flexibility index (Phi) is 6.11. The molecule has 1 aliphatic heterocycles. The van der Waals surface area contributed by atoms with E-state index in [2.05, 4.69) is 5.10 Å². The van der Waals surface area contributed by atoms with Gasteiger partial charge < -0.3 is 23.7 Å². The molecule has 0 fully saturated rings. The van der Waals surface area contributed by atoms with Gasteiger partial charge in [0.15, 0.2) is 11.5 Å². The van der Waals surface area contributed by atoms with Gasteiger partial charge in [-0.05, 0) is 29.8 Å². The minimum atomic E-state index is -0.554. The fraction of sp³-hybridized carbons (Fsp3) is 0.333. The summed E-state index contributed by atoms with van der Waals surface area (Å²) >= 11 is 0. The minimum absolute atomic E-state index is 0.391. The van der Waals surface area contributed by atoms with Crippen molar-refractivity contribution in [3.8, 4) is 23.0 Å². The summed E-state index contributed by atoms with van der Waals surface area (Å²) in [5.41, 5.74) is 2.40. The Morgan fingerprint density at radius 1 is 0.966 bits per heavy atom. The number of carbonyl (C=O) groups is 1. The number of ether oxygens (including phenoxy) is 5. The maximum Gasteiger partial charge on any atom is 0.430 e. The smallest absolute Gasteiger partial charge is 0.430 e. The summed E-state index contributed by atoms with van der Waals surface area (Å²) in [6.45, 7) is 0. The van der Waals surface area contributed by atoms with Crippen molar-refractivity contribution < 1.29 is 28.5 Å². The molecule has 8 nitrogen and oxygen atoms in total. The van der Waals surface area contributed by atoms with Crippen molar-refractivity contribution in [2.75, 3.05) is 35.5 Å². The number of amides is 1. The van der Waals surface area contributed by atoms with Crippen LogP contribution in [0.15, 0.2) is 41.5 Å². The molecule has 1 amide bonds. The third-order valence-corrected chi connectivity index (χ3v) is 4.75. The number of hydrogen-bond donors (Lipinski definition) is 0. The molecule has 1 atom stereocenters. The number of rotatable bonds is 6. The molecule has 2 aromatic rings. The van der Waals surface area contributed by atoms with Crippen LogP contribution < -0.4 is 18.9 Å². The molecule has 8 heteroatoms. The Balaban J connectivity index is 2.04. The second-order valence-corrected chi connectivity index (χ2v) is 6.27. The second kappa shape index (κ2) is 8.72. The van der Waals surface area contributed by atoms with E-state index in [9.17, 15) is 4.79 Å². The highest BCUT2D eigenvalue weighted by molar-refractivity contribution is 6.03. The lowest BCUT2D eigenvalue weighted by Crippen LogP contribution is -2.26. The van der Waals surface area contributed by atoms with Crippen LogP contribution in [0.2, 0.25) is 0 Å². The summed E-state index contributed by atoms with van der Waals surface area (Å²) in [5, 5.41) is 5.85. The number of methoxy groups -OCH3 is 5. The second-order valence-electron chi connectivity index (χ2n) is 6.27. The van der Waals surface area contributed by atoms with Crippen LogP contribution in [0.4, 0.5) is 4.79 Å². The summed E-state index contributed by atoms with van der Waals surface area (Å²) < 4.78 is 26.5. The number of nitrogens with zero attached hydrogens (tertiary/aromatic N) is 2. The Labute approximate surface area is 169 Å².